The molecule has 0 unspecified atom stereocenters. The van der Waals surface area contributed by atoms with Crippen molar-refractivity contribution < 1.29 is 4.79 Å². The number of amides is 1. The topological polar surface area (TPSA) is 33.2 Å². The lowest BCUT2D eigenvalue weighted by Gasteiger charge is -2.15. The molecule has 3 heteroatoms. The van der Waals surface area contributed by atoms with E-state index in [-0.39, 0.29) is 5.91 Å². The molecule has 0 saturated heterocycles. The number of rotatable bonds is 2. The Kier molecular flexibility index (Phi) is 3.19. The molecule has 1 heterocycles. The van der Waals surface area contributed by atoms with Crippen molar-refractivity contribution in [2.24, 2.45) is 0 Å². The molecule has 2 rings (SSSR count). The maximum absolute atomic E-state index is 12.1. The van der Waals surface area contributed by atoms with Crippen molar-refractivity contribution >= 4 is 11.7 Å². The number of carbonyl (C=O) groups is 1. The van der Waals surface area contributed by atoms with Crippen molar-refractivity contribution in [1.82, 2.24) is 4.98 Å². The second kappa shape index (κ2) is 4.78. The van der Waals surface area contributed by atoms with Crippen LogP contribution in [-0.4, -0.2) is 17.9 Å². The summed E-state index contributed by atoms with van der Waals surface area (Å²) in [6.45, 7) is 2.00. The first-order valence-electron chi connectivity index (χ1n) is 5.44. The zero-order valence-corrected chi connectivity index (χ0v) is 9.92. The van der Waals surface area contributed by atoms with Crippen molar-refractivity contribution in [2.45, 2.75) is 6.92 Å². The first kappa shape index (κ1) is 11.3. The zero-order valence-electron chi connectivity index (χ0n) is 9.92. The number of anilines is 1. The number of nitrogens with zero attached hydrogens (tertiary/aromatic N) is 2. The summed E-state index contributed by atoms with van der Waals surface area (Å²) < 4.78 is 0. The molecular weight excluding hydrogens is 212 g/mol. The van der Waals surface area contributed by atoms with E-state index in [2.05, 4.69) is 4.98 Å². The van der Waals surface area contributed by atoms with Gasteiger partial charge in [-0.25, -0.2) is 4.98 Å². The molecule has 1 aromatic heterocycles. The average Bonchev–Trinajstić information content (AvgIpc) is 2.39. The average molecular weight is 226 g/mol. The lowest BCUT2D eigenvalue weighted by Crippen LogP contribution is -2.26. The monoisotopic (exact) mass is 226 g/mol. The maximum Gasteiger partial charge on any atom is 0.259 e. The van der Waals surface area contributed by atoms with E-state index < -0.39 is 0 Å². The Morgan fingerprint density at radius 3 is 2.41 bits per heavy atom. The van der Waals surface area contributed by atoms with Gasteiger partial charge in [0.05, 0.1) is 0 Å². The summed E-state index contributed by atoms with van der Waals surface area (Å²) in [6, 6.07) is 13.0. The molecule has 0 atom stereocenters. The summed E-state index contributed by atoms with van der Waals surface area (Å²) >= 11 is 0. The van der Waals surface area contributed by atoms with Gasteiger partial charge in [0, 0.05) is 18.8 Å². The molecule has 3 nitrogen and oxygen atoms in total. The number of pyridine rings is 1. The molecule has 1 aromatic carbocycles. The molecule has 17 heavy (non-hydrogen) atoms. The van der Waals surface area contributed by atoms with Gasteiger partial charge in [0.1, 0.15) is 5.82 Å². The minimum absolute atomic E-state index is 0.0521. The maximum atomic E-state index is 12.1. The summed E-state index contributed by atoms with van der Waals surface area (Å²) in [5, 5.41) is 0. The number of aromatic nitrogens is 1. The molecule has 0 bridgehead atoms. The molecule has 0 aliphatic carbocycles. The van der Waals surface area contributed by atoms with Crippen LogP contribution in [0.5, 0.6) is 0 Å². The highest BCUT2D eigenvalue weighted by atomic mass is 16.2. The lowest BCUT2D eigenvalue weighted by molar-refractivity contribution is 0.0992. The van der Waals surface area contributed by atoms with Gasteiger partial charge in [-0.2, -0.15) is 0 Å². The van der Waals surface area contributed by atoms with E-state index in [1.807, 2.05) is 49.4 Å². The number of hydrogen-bond donors (Lipinski definition) is 0. The normalized spacial score (nSPS) is 10.0. The molecule has 0 radical (unpaired) electrons. The van der Waals surface area contributed by atoms with Gasteiger partial charge < -0.3 is 0 Å². The molecule has 0 saturated carbocycles. The first-order valence-corrected chi connectivity index (χ1v) is 5.44. The van der Waals surface area contributed by atoms with Gasteiger partial charge in [0.15, 0.2) is 0 Å². The van der Waals surface area contributed by atoms with Gasteiger partial charge in [-0.3, -0.25) is 9.69 Å². The van der Waals surface area contributed by atoms with Crippen LogP contribution in [0.4, 0.5) is 5.82 Å². The van der Waals surface area contributed by atoms with E-state index in [9.17, 15) is 4.79 Å². The highest BCUT2D eigenvalue weighted by molar-refractivity contribution is 6.05. The highest BCUT2D eigenvalue weighted by Crippen LogP contribution is 2.12. The Bertz CT molecular complexity index is 506. The molecule has 0 aliphatic heterocycles. The van der Waals surface area contributed by atoms with Crippen molar-refractivity contribution in [1.29, 1.82) is 0 Å². The van der Waals surface area contributed by atoms with E-state index in [0.29, 0.717) is 11.4 Å². The second-order valence-corrected chi connectivity index (χ2v) is 3.92. The van der Waals surface area contributed by atoms with Gasteiger partial charge in [0.2, 0.25) is 0 Å². The van der Waals surface area contributed by atoms with Crippen molar-refractivity contribution in [3.63, 3.8) is 0 Å². The van der Waals surface area contributed by atoms with E-state index in [1.165, 1.54) is 0 Å². The molecule has 0 fully saturated rings. The largest absolute Gasteiger partial charge is 0.296 e. The van der Waals surface area contributed by atoms with Crippen LogP contribution < -0.4 is 4.90 Å². The van der Waals surface area contributed by atoms with Crippen molar-refractivity contribution in [2.75, 3.05) is 11.9 Å². The van der Waals surface area contributed by atoms with Crippen LogP contribution in [-0.2, 0) is 0 Å². The second-order valence-electron chi connectivity index (χ2n) is 3.92. The van der Waals surface area contributed by atoms with Crippen molar-refractivity contribution in [3.8, 4) is 0 Å². The molecule has 0 N–H and O–H groups in total. The SMILES string of the molecule is Cc1ccc(C(=O)N(C)c2ccccn2)cc1. The van der Waals surface area contributed by atoms with Crippen LogP contribution in [0.3, 0.4) is 0 Å². The first-order chi connectivity index (χ1) is 8.18. The summed E-state index contributed by atoms with van der Waals surface area (Å²) in [5.41, 5.74) is 1.81. The van der Waals surface area contributed by atoms with E-state index in [1.54, 1.807) is 18.1 Å². The van der Waals surface area contributed by atoms with Gasteiger partial charge in [-0.15, -0.1) is 0 Å². The van der Waals surface area contributed by atoms with Crippen LogP contribution >= 0.6 is 0 Å². The number of carbonyl (C=O) groups excluding carboxylic acids is 1. The zero-order chi connectivity index (χ0) is 12.3. The number of benzene rings is 1. The lowest BCUT2D eigenvalue weighted by atomic mass is 10.1. The number of hydrogen-bond acceptors (Lipinski definition) is 2. The van der Waals surface area contributed by atoms with E-state index >= 15 is 0 Å². The van der Waals surface area contributed by atoms with E-state index in [4.69, 9.17) is 0 Å². The fourth-order valence-corrected chi connectivity index (χ4v) is 1.55. The Morgan fingerprint density at radius 2 is 1.82 bits per heavy atom. The van der Waals surface area contributed by atoms with Crippen LogP contribution in [0.1, 0.15) is 15.9 Å². The van der Waals surface area contributed by atoms with Crippen molar-refractivity contribution in [3.05, 3.63) is 59.8 Å². The molecule has 2 aromatic rings. The summed E-state index contributed by atoms with van der Waals surface area (Å²) in [4.78, 5) is 17.8. The van der Waals surface area contributed by atoms with Crippen LogP contribution in [0.2, 0.25) is 0 Å². The Labute approximate surface area is 101 Å². The molecule has 0 aliphatic rings. The summed E-state index contributed by atoms with van der Waals surface area (Å²) in [5.74, 6) is 0.599. The van der Waals surface area contributed by atoms with E-state index in [0.717, 1.165) is 5.56 Å². The fraction of sp³-hybridized carbons (Fsp3) is 0.143. The Morgan fingerprint density at radius 1 is 1.12 bits per heavy atom. The Balaban J connectivity index is 2.23. The predicted octanol–water partition coefficient (Wildman–Crippen LogP) is 2.67. The third kappa shape index (κ3) is 2.50. The fourth-order valence-electron chi connectivity index (χ4n) is 1.55. The van der Waals surface area contributed by atoms with Gasteiger partial charge in [-0.05, 0) is 31.2 Å². The minimum atomic E-state index is -0.0521. The Hall–Kier alpha value is -2.16. The number of aryl methyl sites for hydroxylation is 1. The minimum Gasteiger partial charge on any atom is -0.296 e. The summed E-state index contributed by atoms with van der Waals surface area (Å²) in [7, 11) is 1.73. The third-order valence-electron chi connectivity index (χ3n) is 2.60. The summed E-state index contributed by atoms with van der Waals surface area (Å²) in [6.07, 6.45) is 1.67. The van der Waals surface area contributed by atoms with Crippen LogP contribution in [0, 0.1) is 6.92 Å². The van der Waals surface area contributed by atoms with Gasteiger partial charge in [0.25, 0.3) is 5.91 Å². The highest BCUT2D eigenvalue weighted by Gasteiger charge is 2.13. The van der Waals surface area contributed by atoms with Crippen LogP contribution in [0.15, 0.2) is 48.7 Å². The molecule has 0 spiro atoms. The standard InChI is InChI=1S/C14H14N2O/c1-11-6-8-12(9-7-11)14(17)16(2)13-5-3-4-10-15-13/h3-10H,1-2H3. The third-order valence-corrected chi connectivity index (χ3v) is 2.60. The molecular formula is C14H14N2O. The molecule has 1 amide bonds. The van der Waals surface area contributed by atoms with Gasteiger partial charge in [-0.1, -0.05) is 23.8 Å². The smallest absolute Gasteiger partial charge is 0.259 e. The quantitative estimate of drug-likeness (QED) is 0.788. The van der Waals surface area contributed by atoms with Crippen LogP contribution in [0.25, 0.3) is 0 Å². The predicted molar refractivity (Wildman–Crippen MR) is 68.1 cm³/mol. The van der Waals surface area contributed by atoms with Gasteiger partial charge >= 0.3 is 0 Å². The molecule has 86 valence electrons.